The fourth-order valence-electron chi connectivity index (χ4n) is 5.26. The molecule has 40 heavy (non-hydrogen) atoms. The van der Waals surface area contributed by atoms with Gasteiger partial charge < -0.3 is 19.7 Å². The van der Waals surface area contributed by atoms with E-state index in [2.05, 4.69) is 38.3 Å². The maximum absolute atomic E-state index is 12.2. The van der Waals surface area contributed by atoms with Gasteiger partial charge in [0.2, 0.25) is 0 Å². The molecule has 11 heteroatoms. The number of rotatable bonds is 10. The SMILES string of the molecule is C=S(N)(=O)C1CCC(NCCN(c2cc(OC)cc(OC)c2)c2ccc3ncc(-c4cnn(C)c4)nc3c2)CC1. The summed E-state index contributed by atoms with van der Waals surface area (Å²) in [6.45, 7) is 1.44. The summed E-state index contributed by atoms with van der Waals surface area (Å²) in [4.78, 5) is 11.8. The third kappa shape index (κ3) is 6.38. The fourth-order valence-corrected chi connectivity index (χ4v) is 6.33. The zero-order chi connectivity index (χ0) is 28.3. The van der Waals surface area contributed by atoms with E-state index in [9.17, 15) is 4.21 Å². The van der Waals surface area contributed by atoms with Crippen LogP contribution in [0.3, 0.4) is 0 Å². The van der Waals surface area contributed by atoms with Gasteiger partial charge in [0, 0.05) is 82.5 Å². The highest BCUT2D eigenvalue weighted by Crippen LogP contribution is 2.34. The molecule has 0 spiro atoms. The van der Waals surface area contributed by atoms with E-state index < -0.39 is 9.71 Å². The van der Waals surface area contributed by atoms with Gasteiger partial charge in [0.15, 0.2) is 0 Å². The van der Waals surface area contributed by atoms with Crippen molar-refractivity contribution in [2.24, 2.45) is 12.2 Å². The lowest BCUT2D eigenvalue weighted by Crippen LogP contribution is -2.41. The topological polar surface area (TPSA) is 120 Å². The molecule has 5 rings (SSSR count). The lowest BCUT2D eigenvalue weighted by molar-refractivity contribution is 0.379. The molecule has 212 valence electrons. The van der Waals surface area contributed by atoms with Crippen molar-refractivity contribution < 1.29 is 13.7 Å². The number of fused-ring (bicyclic) bond motifs is 1. The molecular formula is C29H37N7O3S. The van der Waals surface area contributed by atoms with Gasteiger partial charge in [0.25, 0.3) is 0 Å². The van der Waals surface area contributed by atoms with Crippen LogP contribution in [0, 0.1) is 0 Å². The summed E-state index contributed by atoms with van der Waals surface area (Å²) < 4.78 is 25.1. The van der Waals surface area contributed by atoms with Crippen LogP contribution in [-0.2, 0) is 16.8 Å². The molecule has 0 bridgehead atoms. The average Bonchev–Trinajstić information content (AvgIpc) is 3.40. The Balaban J connectivity index is 1.41. The maximum atomic E-state index is 12.2. The molecule has 2 heterocycles. The van der Waals surface area contributed by atoms with Crippen molar-refractivity contribution in [3.05, 3.63) is 55.0 Å². The first kappa shape index (κ1) is 27.9. The van der Waals surface area contributed by atoms with Crippen LogP contribution in [0.25, 0.3) is 22.3 Å². The second-order valence-electron chi connectivity index (χ2n) is 10.3. The van der Waals surface area contributed by atoms with Crippen molar-refractivity contribution in [1.29, 1.82) is 0 Å². The van der Waals surface area contributed by atoms with Gasteiger partial charge in [-0.05, 0) is 49.8 Å². The predicted molar refractivity (Wildman–Crippen MR) is 162 cm³/mol. The zero-order valence-corrected chi connectivity index (χ0v) is 24.1. The van der Waals surface area contributed by atoms with Crippen molar-refractivity contribution in [3.63, 3.8) is 0 Å². The quantitative estimate of drug-likeness (QED) is 0.281. The van der Waals surface area contributed by atoms with Crippen molar-refractivity contribution in [2.75, 3.05) is 32.2 Å². The molecule has 0 amide bonds. The Morgan fingerprint density at radius 3 is 2.40 bits per heavy atom. The molecule has 1 unspecified atom stereocenters. The van der Waals surface area contributed by atoms with Crippen LogP contribution in [0.2, 0.25) is 0 Å². The Hall–Kier alpha value is -3.67. The van der Waals surface area contributed by atoms with Gasteiger partial charge in [-0.3, -0.25) is 19.0 Å². The van der Waals surface area contributed by atoms with E-state index in [0.717, 1.165) is 65.9 Å². The highest BCUT2D eigenvalue weighted by molar-refractivity contribution is 7.98. The van der Waals surface area contributed by atoms with E-state index in [1.54, 1.807) is 31.3 Å². The fraction of sp³-hybridized carbons (Fsp3) is 0.379. The number of methoxy groups -OCH3 is 2. The maximum Gasteiger partial charge on any atom is 0.124 e. The van der Waals surface area contributed by atoms with E-state index in [-0.39, 0.29) is 5.25 Å². The van der Waals surface area contributed by atoms with Gasteiger partial charge in [0.05, 0.1) is 43.3 Å². The number of anilines is 2. The molecule has 1 saturated carbocycles. The summed E-state index contributed by atoms with van der Waals surface area (Å²) in [5.74, 6) is 5.11. The first-order chi connectivity index (χ1) is 19.2. The van der Waals surface area contributed by atoms with Gasteiger partial charge in [0.1, 0.15) is 11.5 Å². The van der Waals surface area contributed by atoms with E-state index >= 15 is 0 Å². The molecule has 10 nitrogen and oxygen atoms in total. The molecule has 4 aromatic rings. The van der Waals surface area contributed by atoms with Crippen LogP contribution in [0.15, 0.2) is 55.0 Å². The standard InChI is InChI=1S/C29H37N7O3S/c1-35-19-20(17-33-35)29-18-32-27-10-7-22(15-28(27)34-29)36(23-13-24(38-2)16-25(14-23)39-3)12-11-31-21-5-8-26(9-6-21)40(4,30)37/h7,10,13-19,21,26,31H,4-6,8-9,11-12H2,1-3H3,(H2,30,37). The van der Waals surface area contributed by atoms with Crippen LogP contribution in [-0.4, -0.2) is 68.4 Å². The highest BCUT2D eigenvalue weighted by Gasteiger charge is 2.25. The number of aryl methyl sites for hydroxylation is 1. The molecule has 1 aliphatic rings. The summed E-state index contributed by atoms with van der Waals surface area (Å²) in [7, 11) is 2.70. The highest BCUT2D eigenvalue weighted by atomic mass is 32.2. The van der Waals surface area contributed by atoms with Crippen LogP contribution in [0.1, 0.15) is 25.7 Å². The van der Waals surface area contributed by atoms with E-state index in [1.807, 2.05) is 37.5 Å². The van der Waals surface area contributed by atoms with Crippen molar-refractivity contribution in [1.82, 2.24) is 25.1 Å². The Kier molecular flexibility index (Phi) is 8.24. The molecule has 1 aliphatic carbocycles. The molecule has 2 aromatic heterocycles. The molecule has 1 atom stereocenters. The first-order valence-electron chi connectivity index (χ1n) is 13.4. The molecule has 0 saturated heterocycles. The number of nitrogens with two attached hydrogens (primary N) is 1. The zero-order valence-electron chi connectivity index (χ0n) is 23.2. The summed E-state index contributed by atoms with van der Waals surface area (Å²) in [6.07, 6.45) is 9.02. The van der Waals surface area contributed by atoms with Crippen molar-refractivity contribution >= 4 is 38.0 Å². The summed E-state index contributed by atoms with van der Waals surface area (Å²) in [5, 5.41) is 13.8. The predicted octanol–water partition coefficient (Wildman–Crippen LogP) is 3.68. The number of nitrogens with zero attached hydrogens (tertiary/aromatic N) is 5. The Labute approximate surface area is 235 Å². The second-order valence-corrected chi connectivity index (χ2v) is 12.5. The van der Waals surface area contributed by atoms with Crippen LogP contribution >= 0.6 is 0 Å². The van der Waals surface area contributed by atoms with Gasteiger partial charge in [-0.25, -0.2) is 4.98 Å². The van der Waals surface area contributed by atoms with Gasteiger partial charge in [-0.15, -0.1) is 0 Å². The number of hydrogen-bond donors (Lipinski definition) is 2. The van der Waals surface area contributed by atoms with Gasteiger partial charge >= 0.3 is 0 Å². The van der Waals surface area contributed by atoms with E-state index in [1.165, 1.54) is 0 Å². The molecule has 1 fully saturated rings. The Bertz CT molecular complexity index is 1560. The average molecular weight is 564 g/mol. The first-order valence-corrected chi connectivity index (χ1v) is 15.2. The molecule has 0 radical (unpaired) electrons. The second kappa shape index (κ2) is 11.8. The van der Waals surface area contributed by atoms with Crippen LogP contribution in [0.5, 0.6) is 11.5 Å². The summed E-state index contributed by atoms with van der Waals surface area (Å²) in [5.41, 5.74) is 5.22. The number of hydrogen-bond acceptors (Lipinski definition) is 8. The largest absolute Gasteiger partial charge is 0.497 e. The summed E-state index contributed by atoms with van der Waals surface area (Å²) in [6, 6.07) is 12.3. The normalized spacial score (nSPS) is 18.8. The third-order valence-corrected chi connectivity index (χ3v) is 9.09. The number of benzene rings is 2. The number of nitrogens with one attached hydrogen (secondary N) is 1. The lowest BCUT2D eigenvalue weighted by atomic mass is 9.95. The van der Waals surface area contributed by atoms with Crippen LogP contribution < -0.4 is 24.8 Å². The molecule has 2 aromatic carbocycles. The van der Waals surface area contributed by atoms with Crippen LogP contribution in [0.4, 0.5) is 11.4 Å². The van der Waals surface area contributed by atoms with E-state index in [0.29, 0.717) is 24.1 Å². The molecular weight excluding hydrogens is 526 g/mol. The minimum atomic E-state index is -2.48. The lowest BCUT2D eigenvalue weighted by Gasteiger charge is -2.31. The van der Waals surface area contributed by atoms with Gasteiger partial charge in [-0.2, -0.15) is 5.10 Å². The minimum absolute atomic E-state index is 0.00145. The number of aromatic nitrogens is 4. The minimum Gasteiger partial charge on any atom is -0.497 e. The number of ether oxygens (including phenoxy) is 2. The third-order valence-electron chi connectivity index (χ3n) is 7.49. The smallest absolute Gasteiger partial charge is 0.124 e. The Morgan fingerprint density at radius 2 is 1.77 bits per heavy atom. The monoisotopic (exact) mass is 563 g/mol. The molecule has 3 N–H and O–H groups in total. The van der Waals surface area contributed by atoms with Gasteiger partial charge in [-0.1, -0.05) is 0 Å². The van der Waals surface area contributed by atoms with Crippen molar-refractivity contribution in [2.45, 2.75) is 37.0 Å². The summed E-state index contributed by atoms with van der Waals surface area (Å²) >= 11 is 0. The molecule has 0 aliphatic heterocycles. The van der Waals surface area contributed by atoms with E-state index in [4.69, 9.17) is 19.6 Å². The van der Waals surface area contributed by atoms with Crippen molar-refractivity contribution in [3.8, 4) is 22.8 Å². The Morgan fingerprint density at radius 1 is 1.05 bits per heavy atom.